The predicted molar refractivity (Wildman–Crippen MR) is 138 cm³/mol. The highest BCUT2D eigenvalue weighted by atomic mass is 32.2. The van der Waals surface area contributed by atoms with Crippen LogP contribution in [0.2, 0.25) is 0 Å². The van der Waals surface area contributed by atoms with Crippen LogP contribution in [-0.2, 0) is 33.1 Å². The van der Waals surface area contributed by atoms with Gasteiger partial charge in [0.1, 0.15) is 11.2 Å². The maximum atomic E-state index is 13.4. The maximum Gasteiger partial charge on any atom is 0.445 e. The van der Waals surface area contributed by atoms with Gasteiger partial charge < -0.3 is 0 Å². The van der Waals surface area contributed by atoms with E-state index < -0.39 is 41.8 Å². The summed E-state index contributed by atoms with van der Waals surface area (Å²) in [4.78, 5) is 3.96. The van der Waals surface area contributed by atoms with Gasteiger partial charge >= 0.3 is 6.18 Å². The number of rotatable bonds is 7. The van der Waals surface area contributed by atoms with E-state index in [-0.39, 0.29) is 48.5 Å². The molecule has 0 saturated heterocycles. The molecule has 40 heavy (non-hydrogen) atoms. The summed E-state index contributed by atoms with van der Waals surface area (Å²) in [6, 6.07) is 7.24. The van der Waals surface area contributed by atoms with E-state index in [1.807, 2.05) is 6.07 Å². The summed E-state index contributed by atoms with van der Waals surface area (Å²) >= 11 is 0.254. The number of halogens is 3. The number of nitrogens with zero attached hydrogens (tertiary/aromatic N) is 6. The molecule has 0 radical (unpaired) electrons. The minimum atomic E-state index is -4.73. The van der Waals surface area contributed by atoms with E-state index in [1.165, 1.54) is 49.8 Å². The Labute approximate surface area is 230 Å². The highest BCUT2D eigenvalue weighted by Crippen LogP contribution is 2.41. The number of hydrogen-bond acceptors (Lipinski definition) is 10. The Bertz CT molecular complexity index is 1900. The van der Waals surface area contributed by atoms with Crippen LogP contribution < -0.4 is 4.72 Å². The molecule has 3 aromatic heterocycles. The number of nitrogens with one attached hydrogen (secondary N) is 1. The van der Waals surface area contributed by atoms with Crippen molar-refractivity contribution < 1.29 is 30.0 Å². The van der Waals surface area contributed by atoms with E-state index in [0.29, 0.717) is 18.4 Å². The Morgan fingerprint density at radius 3 is 2.35 bits per heavy atom. The number of alkyl halides is 3. The predicted octanol–water partition coefficient (Wildman–Crippen LogP) is 3.69. The van der Waals surface area contributed by atoms with E-state index in [9.17, 15) is 35.3 Å². The fraction of sp³-hybridized carbons (Fsp3) is 0.348. The molecule has 0 spiro atoms. The van der Waals surface area contributed by atoms with Crippen LogP contribution in [0.5, 0.6) is 0 Å². The topological polar surface area (TPSA) is 161 Å². The standard InChI is InChI=1S/C23H20F3N7O4S3/c1-12(2)39(34,35)13-4-5-17(28-10-13)15-8-14(40(36,37)32-22(11-27)6-7-22)9-16-18(31-33(3)19(15)16)20-29-30-21(38-20)23(24,25)26/h4-5,8-10,12,32H,6-7H2,1-3H3. The summed E-state index contributed by atoms with van der Waals surface area (Å²) in [7, 11) is -6.41. The van der Waals surface area contributed by atoms with Crippen molar-refractivity contribution in [2.24, 2.45) is 7.05 Å². The molecule has 3 heterocycles. The number of nitriles is 1. The molecule has 17 heteroatoms. The largest absolute Gasteiger partial charge is 0.445 e. The van der Waals surface area contributed by atoms with Crippen LogP contribution >= 0.6 is 11.3 Å². The second kappa shape index (κ2) is 9.29. The molecule has 1 aromatic carbocycles. The summed E-state index contributed by atoms with van der Waals surface area (Å²) in [6.07, 6.45) is -2.92. The summed E-state index contributed by atoms with van der Waals surface area (Å²) in [5, 5.41) is 18.6. The molecule has 1 fully saturated rings. The van der Waals surface area contributed by atoms with E-state index in [1.54, 1.807) is 0 Å². The van der Waals surface area contributed by atoms with E-state index in [0.717, 1.165) is 6.20 Å². The van der Waals surface area contributed by atoms with Crippen LogP contribution in [0.15, 0.2) is 40.3 Å². The third-order valence-corrected chi connectivity index (χ3v) is 11.0. The molecule has 1 aliphatic carbocycles. The zero-order chi connectivity index (χ0) is 29.3. The third-order valence-electron chi connectivity index (χ3n) is 6.35. The smallest absolute Gasteiger partial charge is 0.267 e. The summed E-state index contributed by atoms with van der Waals surface area (Å²) < 4.78 is 95.3. The molecular weight excluding hydrogens is 591 g/mol. The Morgan fingerprint density at radius 2 is 1.82 bits per heavy atom. The first kappa shape index (κ1) is 28.1. The Morgan fingerprint density at radius 1 is 1.12 bits per heavy atom. The highest BCUT2D eigenvalue weighted by molar-refractivity contribution is 7.92. The molecule has 0 aliphatic heterocycles. The lowest BCUT2D eigenvalue weighted by Crippen LogP contribution is -2.35. The Kier molecular flexibility index (Phi) is 6.53. The average molecular weight is 612 g/mol. The van der Waals surface area contributed by atoms with Gasteiger partial charge in [0, 0.05) is 24.2 Å². The summed E-state index contributed by atoms with van der Waals surface area (Å²) in [5.74, 6) is 0. The van der Waals surface area contributed by atoms with Gasteiger partial charge in [0.15, 0.2) is 14.8 Å². The van der Waals surface area contributed by atoms with E-state index in [2.05, 4.69) is 25.0 Å². The maximum absolute atomic E-state index is 13.4. The lowest BCUT2D eigenvalue weighted by atomic mass is 10.1. The van der Waals surface area contributed by atoms with Gasteiger partial charge in [-0.25, -0.2) is 16.8 Å². The first-order valence-electron chi connectivity index (χ1n) is 11.7. The number of sulfonamides is 1. The van der Waals surface area contributed by atoms with Crippen molar-refractivity contribution >= 4 is 42.1 Å². The number of aryl methyl sites for hydroxylation is 1. The van der Waals surface area contributed by atoms with Gasteiger partial charge in [-0.2, -0.15) is 28.3 Å². The molecule has 11 nitrogen and oxygen atoms in total. The van der Waals surface area contributed by atoms with Crippen molar-refractivity contribution in [3.8, 4) is 28.0 Å². The molecule has 210 valence electrons. The molecule has 0 atom stereocenters. The van der Waals surface area contributed by atoms with Gasteiger partial charge in [-0.3, -0.25) is 9.67 Å². The second-order valence-electron chi connectivity index (χ2n) is 9.52. The zero-order valence-electron chi connectivity index (χ0n) is 21.1. The van der Waals surface area contributed by atoms with Gasteiger partial charge in [-0.1, -0.05) is 11.3 Å². The van der Waals surface area contributed by atoms with Crippen molar-refractivity contribution in [1.29, 1.82) is 5.26 Å². The van der Waals surface area contributed by atoms with Gasteiger partial charge in [-0.15, -0.1) is 10.2 Å². The first-order chi connectivity index (χ1) is 18.6. The van der Waals surface area contributed by atoms with Crippen molar-refractivity contribution in [1.82, 2.24) is 29.7 Å². The van der Waals surface area contributed by atoms with E-state index in [4.69, 9.17) is 0 Å². The lowest BCUT2D eigenvalue weighted by Gasteiger charge is -2.13. The second-order valence-corrected chi connectivity index (χ2v) is 14.7. The molecule has 4 aromatic rings. The average Bonchev–Trinajstić information content (AvgIpc) is 3.30. The van der Waals surface area contributed by atoms with Crippen molar-refractivity contribution in [3.05, 3.63) is 35.5 Å². The van der Waals surface area contributed by atoms with Crippen LogP contribution in [0.4, 0.5) is 13.2 Å². The molecule has 0 unspecified atom stereocenters. The number of benzene rings is 1. The molecular formula is C23H20F3N7O4S3. The van der Waals surface area contributed by atoms with Crippen LogP contribution in [-0.4, -0.2) is 52.6 Å². The molecule has 1 saturated carbocycles. The van der Waals surface area contributed by atoms with Crippen LogP contribution in [0.25, 0.3) is 32.9 Å². The highest BCUT2D eigenvalue weighted by Gasteiger charge is 2.47. The van der Waals surface area contributed by atoms with Crippen LogP contribution in [0.1, 0.15) is 31.7 Å². The normalized spacial score (nSPS) is 15.4. The quantitative estimate of drug-likeness (QED) is 0.329. The monoisotopic (exact) mass is 611 g/mol. The molecule has 0 amide bonds. The van der Waals surface area contributed by atoms with Gasteiger partial charge in [0.05, 0.1) is 32.3 Å². The van der Waals surface area contributed by atoms with Crippen molar-refractivity contribution in [2.45, 2.75) is 53.4 Å². The fourth-order valence-electron chi connectivity index (χ4n) is 3.99. The molecule has 1 aliphatic rings. The number of pyridine rings is 1. The van der Waals surface area contributed by atoms with Crippen LogP contribution in [0.3, 0.4) is 0 Å². The minimum Gasteiger partial charge on any atom is -0.267 e. The van der Waals surface area contributed by atoms with Gasteiger partial charge in [0.2, 0.25) is 15.0 Å². The Balaban J connectivity index is 1.74. The number of sulfone groups is 1. The summed E-state index contributed by atoms with van der Waals surface area (Å²) in [5.41, 5.74) is -0.559. The first-order valence-corrected chi connectivity index (χ1v) is 15.5. The zero-order valence-corrected chi connectivity index (χ0v) is 23.5. The number of aromatic nitrogens is 5. The Hall–Kier alpha value is -3.46. The van der Waals surface area contributed by atoms with Gasteiger partial charge in [-0.05, 0) is 51.0 Å². The summed E-state index contributed by atoms with van der Waals surface area (Å²) in [6.45, 7) is 3.05. The molecule has 0 bridgehead atoms. The minimum absolute atomic E-state index is 0.0307. The van der Waals surface area contributed by atoms with Crippen molar-refractivity contribution in [3.63, 3.8) is 0 Å². The van der Waals surface area contributed by atoms with E-state index >= 15 is 0 Å². The molecule has 1 N–H and O–H groups in total. The fourth-order valence-corrected chi connectivity index (χ4v) is 7.13. The SMILES string of the molecule is CC(C)S(=O)(=O)c1ccc(-c2cc(S(=O)(=O)NC3(C#N)CC3)cc3c(-c4nnc(C(F)(F)F)s4)nn(C)c23)nc1. The number of fused-ring (bicyclic) bond motifs is 1. The van der Waals surface area contributed by atoms with Gasteiger partial charge in [0.25, 0.3) is 0 Å². The lowest BCUT2D eigenvalue weighted by molar-refractivity contribution is -0.138. The number of hydrogen-bond donors (Lipinski definition) is 1. The molecule has 5 rings (SSSR count). The van der Waals surface area contributed by atoms with Crippen LogP contribution in [0, 0.1) is 11.3 Å². The van der Waals surface area contributed by atoms with Crippen molar-refractivity contribution in [2.75, 3.05) is 0 Å². The third kappa shape index (κ3) is 4.85.